The van der Waals surface area contributed by atoms with Gasteiger partial charge in [-0.3, -0.25) is 4.79 Å². The number of rotatable bonds is 2. The summed E-state index contributed by atoms with van der Waals surface area (Å²) in [7, 11) is 0. The van der Waals surface area contributed by atoms with Crippen molar-refractivity contribution in [2.24, 2.45) is 0 Å². The molecular formula is C20H17F6N3O2. The minimum atomic E-state index is -4.49. The van der Waals surface area contributed by atoms with E-state index in [1.807, 2.05) is 0 Å². The lowest BCUT2D eigenvalue weighted by Gasteiger charge is -2.34. The van der Waals surface area contributed by atoms with Crippen molar-refractivity contribution in [1.29, 1.82) is 0 Å². The fourth-order valence-corrected chi connectivity index (χ4v) is 3.04. The van der Waals surface area contributed by atoms with Crippen LogP contribution >= 0.6 is 0 Å². The molecule has 31 heavy (non-hydrogen) atoms. The second-order valence-corrected chi connectivity index (χ2v) is 6.86. The van der Waals surface area contributed by atoms with Gasteiger partial charge in [-0.1, -0.05) is 0 Å². The van der Waals surface area contributed by atoms with Gasteiger partial charge in [-0.15, -0.1) is 0 Å². The van der Waals surface area contributed by atoms with Gasteiger partial charge in [0.15, 0.2) is 0 Å². The summed E-state index contributed by atoms with van der Waals surface area (Å²) in [6.45, 7) is 0.665. The molecule has 1 aliphatic heterocycles. The maximum absolute atomic E-state index is 12.6. The molecular weight excluding hydrogens is 428 g/mol. The number of carbonyl (C=O) groups is 2. The number of urea groups is 1. The first-order chi connectivity index (χ1) is 14.4. The molecule has 3 amide bonds. The van der Waals surface area contributed by atoms with Crippen LogP contribution < -0.4 is 5.32 Å². The first-order valence-electron chi connectivity index (χ1n) is 9.15. The molecule has 0 saturated carbocycles. The van der Waals surface area contributed by atoms with E-state index in [9.17, 15) is 35.9 Å². The number of piperazine rings is 1. The first-order valence-corrected chi connectivity index (χ1v) is 9.15. The summed E-state index contributed by atoms with van der Waals surface area (Å²) in [5.74, 6) is -0.448. The molecule has 1 heterocycles. The second kappa shape index (κ2) is 8.48. The molecule has 0 spiro atoms. The molecule has 0 radical (unpaired) electrons. The standard InChI is InChI=1S/C20H17F6N3O2/c21-19(22,23)14-3-1-13(2-4-14)17(30)28-9-11-29(12-10-28)18(31)27-16-7-5-15(6-8-16)20(24,25)26/h1-8H,9-12H2,(H,27,31). The zero-order valence-electron chi connectivity index (χ0n) is 15.9. The summed E-state index contributed by atoms with van der Waals surface area (Å²) in [4.78, 5) is 27.6. The quantitative estimate of drug-likeness (QED) is 0.681. The highest BCUT2D eigenvalue weighted by atomic mass is 19.4. The Balaban J connectivity index is 1.54. The summed E-state index contributed by atoms with van der Waals surface area (Å²) in [5, 5.41) is 2.50. The fraction of sp³-hybridized carbons (Fsp3) is 0.300. The predicted molar refractivity (Wildman–Crippen MR) is 99.4 cm³/mol. The Hall–Kier alpha value is -3.24. The topological polar surface area (TPSA) is 52.7 Å². The van der Waals surface area contributed by atoms with Crippen LogP contribution in [0.1, 0.15) is 21.5 Å². The lowest BCUT2D eigenvalue weighted by molar-refractivity contribution is -0.138. The van der Waals surface area contributed by atoms with Crippen molar-refractivity contribution >= 4 is 17.6 Å². The van der Waals surface area contributed by atoms with Crippen LogP contribution in [0.2, 0.25) is 0 Å². The van der Waals surface area contributed by atoms with Gasteiger partial charge in [-0.25, -0.2) is 4.79 Å². The number of anilines is 1. The van der Waals surface area contributed by atoms with E-state index in [-0.39, 0.29) is 37.4 Å². The summed E-state index contributed by atoms with van der Waals surface area (Å²) >= 11 is 0. The van der Waals surface area contributed by atoms with E-state index >= 15 is 0 Å². The van der Waals surface area contributed by atoms with E-state index < -0.39 is 35.4 Å². The van der Waals surface area contributed by atoms with E-state index in [1.54, 1.807) is 0 Å². The van der Waals surface area contributed by atoms with Crippen LogP contribution in [0.15, 0.2) is 48.5 Å². The number of hydrogen-bond acceptors (Lipinski definition) is 2. The Morgan fingerprint density at radius 1 is 0.677 bits per heavy atom. The third kappa shape index (κ3) is 5.47. The third-order valence-corrected chi connectivity index (χ3v) is 4.78. The van der Waals surface area contributed by atoms with Crippen LogP contribution in [-0.4, -0.2) is 47.9 Å². The van der Waals surface area contributed by atoms with Crippen molar-refractivity contribution in [3.63, 3.8) is 0 Å². The molecule has 1 aliphatic rings. The molecule has 0 atom stereocenters. The lowest BCUT2D eigenvalue weighted by atomic mass is 10.1. The first kappa shape index (κ1) is 22.4. The van der Waals surface area contributed by atoms with Crippen molar-refractivity contribution in [2.75, 3.05) is 31.5 Å². The smallest absolute Gasteiger partial charge is 0.335 e. The highest BCUT2D eigenvalue weighted by Crippen LogP contribution is 2.30. The molecule has 11 heteroatoms. The number of nitrogens with one attached hydrogen (secondary N) is 1. The Morgan fingerprint density at radius 3 is 1.55 bits per heavy atom. The van der Waals surface area contributed by atoms with Crippen LogP contribution in [0.3, 0.4) is 0 Å². The highest BCUT2D eigenvalue weighted by Gasteiger charge is 2.32. The normalized spacial score (nSPS) is 15.0. The van der Waals surface area contributed by atoms with Gasteiger partial charge in [0, 0.05) is 37.4 Å². The number of benzene rings is 2. The van der Waals surface area contributed by atoms with Crippen LogP contribution in [0, 0.1) is 0 Å². The molecule has 2 aromatic rings. The Bertz CT molecular complexity index is 931. The molecule has 0 unspecified atom stereocenters. The monoisotopic (exact) mass is 445 g/mol. The van der Waals surface area contributed by atoms with Crippen molar-refractivity contribution in [3.05, 3.63) is 65.2 Å². The average molecular weight is 445 g/mol. The number of nitrogens with zero attached hydrogens (tertiary/aromatic N) is 2. The fourth-order valence-electron chi connectivity index (χ4n) is 3.04. The summed E-state index contributed by atoms with van der Waals surface area (Å²) in [6.07, 6.45) is -8.97. The minimum absolute atomic E-state index is 0.107. The van der Waals surface area contributed by atoms with Crippen LogP contribution in [0.4, 0.5) is 36.8 Å². The maximum Gasteiger partial charge on any atom is 0.416 e. The number of amides is 3. The molecule has 5 nitrogen and oxygen atoms in total. The molecule has 166 valence electrons. The third-order valence-electron chi connectivity index (χ3n) is 4.78. The molecule has 0 aromatic heterocycles. The van der Waals surface area contributed by atoms with Gasteiger partial charge in [0.2, 0.25) is 0 Å². The largest absolute Gasteiger partial charge is 0.416 e. The van der Waals surface area contributed by atoms with Gasteiger partial charge in [0.1, 0.15) is 0 Å². The number of hydrogen-bond donors (Lipinski definition) is 1. The number of halogens is 6. The van der Waals surface area contributed by atoms with E-state index in [0.29, 0.717) is 0 Å². The van der Waals surface area contributed by atoms with E-state index in [2.05, 4.69) is 5.32 Å². The van der Waals surface area contributed by atoms with Crippen LogP contribution in [0.25, 0.3) is 0 Å². The Kier molecular flexibility index (Phi) is 6.14. The van der Waals surface area contributed by atoms with Crippen LogP contribution in [0.5, 0.6) is 0 Å². The molecule has 0 bridgehead atoms. The van der Waals surface area contributed by atoms with Crippen LogP contribution in [-0.2, 0) is 12.4 Å². The molecule has 2 aromatic carbocycles. The Morgan fingerprint density at radius 2 is 1.10 bits per heavy atom. The summed E-state index contributed by atoms with van der Waals surface area (Å²) in [5.41, 5.74) is -1.38. The average Bonchev–Trinajstić information content (AvgIpc) is 2.72. The van der Waals surface area contributed by atoms with Crippen molar-refractivity contribution in [3.8, 4) is 0 Å². The second-order valence-electron chi connectivity index (χ2n) is 6.86. The SMILES string of the molecule is O=C(Nc1ccc(C(F)(F)F)cc1)N1CCN(C(=O)c2ccc(C(F)(F)F)cc2)CC1. The number of alkyl halides is 6. The van der Waals surface area contributed by atoms with Gasteiger partial charge in [-0.05, 0) is 48.5 Å². The molecule has 3 rings (SSSR count). The minimum Gasteiger partial charge on any atom is -0.335 e. The lowest BCUT2D eigenvalue weighted by Crippen LogP contribution is -2.51. The van der Waals surface area contributed by atoms with Gasteiger partial charge >= 0.3 is 18.4 Å². The Labute approximate surface area is 173 Å². The molecule has 1 N–H and O–H groups in total. The van der Waals surface area contributed by atoms with Gasteiger partial charge in [0.25, 0.3) is 5.91 Å². The molecule has 1 saturated heterocycles. The zero-order chi connectivity index (χ0) is 22.8. The maximum atomic E-state index is 12.6. The highest BCUT2D eigenvalue weighted by molar-refractivity contribution is 5.94. The van der Waals surface area contributed by atoms with E-state index in [1.165, 1.54) is 9.80 Å². The van der Waals surface area contributed by atoms with Crippen molar-refractivity contribution in [1.82, 2.24) is 9.80 Å². The number of carbonyl (C=O) groups excluding carboxylic acids is 2. The van der Waals surface area contributed by atoms with Gasteiger partial charge in [-0.2, -0.15) is 26.3 Å². The predicted octanol–water partition coefficient (Wildman–Crippen LogP) is 4.71. The van der Waals surface area contributed by atoms with Gasteiger partial charge in [0.05, 0.1) is 11.1 Å². The van der Waals surface area contributed by atoms with Gasteiger partial charge < -0.3 is 15.1 Å². The molecule has 0 aliphatic carbocycles. The summed E-state index contributed by atoms with van der Waals surface area (Å²) < 4.78 is 75.7. The van der Waals surface area contributed by atoms with E-state index in [0.717, 1.165) is 48.5 Å². The van der Waals surface area contributed by atoms with E-state index in [4.69, 9.17) is 0 Å². The summed E-state index contributed by atoms with van der Waals surface area (Å²) in [6, 6.07) is 7.36. The van der Waals surface area contributed by atoms with Crippen molar-refractivity contribution in [2.45, 2.75) is 12.4 Å². The zero-order valence-corrected chi connectivity index (χ0v) is 15.9. The van der Waals surface area contributed by atoms with Crippen molar-refractivity contribution < 1.29 is 35.9 Å². The molecule has 1 fully saturated rings.